The molecule has 0 unspecified atom stereocenters. The van der Waals surface area contributed by atoms with E-state index in [1.54, 1.807) is 6.07 Å². The molecule has 2 nitrogen and oxygen atoms in total. The van der Waals surface area contributed by atoms with Crippen LogP contribution in [0, 0.1) is 5.82 Å². The molecule has 112 valence electrons. The lowest BCUT2D eigenvalue weighted by molar-refractivity contribution is 0.633. The number of pyridine rings is 1. The normalized spacial score (nSPS) is 15.8. The first-order chi connectivity index (χ1) is 10.2. The van der Waals surface area contributed by atoms with Crippen molar-refractivity contribution >= 4 is 32.5 Å². The van der Waals surface area contributed by atoms with Crippen molar-refractivity contribution in [2.75, 3.05) is 11.9 Å². The minimum atomic E-state index is -0.243. The van der Waals surface area contributed by atoms with Crippen LogP contribution >= 0.6 is 15.9 Å². The number of nitrogens with zero attached hydrogens (tertiary/aromatic N) is 1. The van der Waals surface area contributed by atoms with Crippen molar-refractivity contribution in [1.29, 1.82) is 0 Å². The summed E-state index contributed by atoms with van der Waals surface area (Å²) in [5.41, 5.74) is 2.51. The molecule has 0 spiro atoms. The Labute approximate surface area is 133 Å². The van der Waals surface area contributed by atoms with Gasteiger partial charge in [-0.3, -0.25) is 0 Å². The minimum absolute atomic E-state index is 0.243. The predicted molar refractivity (Wildman–Crippen MR) is 89.4 cm³/mol. The molecule has 4 heteroatoms. The summed E-state index contributed by atoms with van der Waals surface area (Å²) in [5, 5.41) is 4.28. The molecule has 1 aromatic heterocycles. The Balaban J connectivity index is 2.16. The first kappa shape index (κ1) is 14.8. The SMILES string of the molecule is CCCNc1cc(C2CCCC2)nc2c(F)ccc(Br)c12. The molecule has 0 radical (unpaired) electrons. The third kappa shape index (κ3) is 2.91. The highest BCUT2D eigenvalue weighted by Crippen LogP contribution is 2.38. The highest BCUT2D eigenvalue weighted by Gasteiger charge is 2.21. The van der Waals surface area contributed by atoms with Crippen LogP contribution in [0.25, 0.3) is 10.9 Å². The lowest BCUT2D eigenvalue weighted by Crippen LogP contribution is -2.05. The summed E-state index contributed by atoms with van der Waals surface area (Å²) in [5.74, 6) is 0.238. The van der Waals surface area contributed by atoms with E-state index in [-0.39, 0.29) is 5.82 Å². The van der Waals surface area contributed by atoms with Crippen LogP contribution in [-0.2, 0) is 0 Å². The summed E-state index contributed by atoms with van der Waals surface area (Å²) in [6, 6.07) is 5.37. The van der Waals surface area contributed by atoms with Crippen molar-refractivity contribution in [3.8, 4) is 0 Å². The molecular formula is C17H20BrFN2. The second-order valence-corrected chi connectivity index (χ2v) is 6.61. The van der Waals surface area contributed by atoms with Crippen LogP contribution in [0.15, 0.2) is 22.7 Å². The lowest BCUT2D eigenvalue weighted by Gasteiger charge is -2.16. The van der Waals surface area contributed by atoms with Crippen molar-refractivity contribution in [3.05, 3.63) is 34.2 Å². The van der Waals surface area contributed by atoms with E-state index in [9.17, 15) is 4.39 Å². The number of fused-ring (bicyclic) bond motifs is 1. The van der Waals surface area contributed by atoms with Gasteiger partial charge in [0.1, 0.15) is 11.3 Å². The van der Waals surface area contributed by atoms with Crippen molar-refractivity contribution in [2.45, 2.75) is 44.9 Å². The monoisotopic (exact) mass is 350 g/mol. The molecular weight excluding hydrogens is 331 g/mol. The van der Waals surface area contributed by atoms with E-state index in [1.807, 2.05) is 0 Å². The Bertz CT molecular complexity index is 651. The number of hydrogen-bond acceptors (Lipinski definition) is 2. The maximum Gasteiger partial charge on any atom is 0.149 e. The maximum absolute atomic E-state index is 14.2. The predicted octanol–water partition coefficient (Wildman–Crippen LogP) is 5.62. The standard InChI is InChI=1S/C17H20BrFN2/c1-2-9-20-15-10-14(11-5-3-4-6-11)21-17-13(19)8-7-12(18)16(15)17/h7-8,10-11H,2-6,9H2,1H3,(H,20,21). The summed E-state index contributed by atoms with van der Waals surface area (Å²) in [7, 11) is 0. The lowest BCUT2D eigenvalue weighted by atomic mass is 10.0. The molecule has 1 aliphatic carbocycles. The van der Waals surface area contributed by atoms with E-state index in [0.717, 1.165) is 34.2 Å². The third-order valence-corrected chi connectivity index (χ3v) is 4.88. The fraction of sp³-hybridized carbons (Fsp3) is 0.471. The molecule has 0 amide bonds. The first-order valence-electron chi connectivity index (χ1n) is 7.73. The Morgan fingerprint density at radius 1 is 1.33 bits per heavy atom. The molecule has 1 heterocycles. The van der Waals surface area contributed by atoms with Crippen LogP contribution in [0.3, 0.4) is 0 Å². The van der Waals surface area contributed by atoms with Crippen molar-refractivity contribution < 1.29 is 4.39 Å². The highest BCUT2D eigenvalue weighted by molar-refractivity contribution is 9.10. The number of halogens is 2. The molecule has 1 aromatic carbocycles. The summed E-state index contributed by atoms with van der Waals surface area (Å²) in [6.45, 7) is 3.01. The summed E-state index contributed by atoms with van der Waals surface area (Å²) in [6.07, 6.45) is 5.88. The van der Waals surface area contributed by atoms with Gasteiger partial charge in [0.15, 0.2) is 0 Å². The van der Waals surface area contributed by atoms with Gasteiger partial charge in [-0.2, -0.15) is 0 Å². The van der Waals surface area contributed by atoms with Gasteiger partial charge in [-0.05, 0) is 37.5 Å². The van der Waals surface area contributed by atoms with Crippen molar-refractivity contribution in [1.82, 2.24) is 4.98 Å². The fourth-order valence-electron chi connectivity index (χ4n) is 3.12. The van der Waals surface area contributed by atoms with Crippen molar-refractivity contribution in [2.24, 2.45) is 0 Å². The summed E-state index contributed by atoms with van der Waals surface area (Å²) >= 11 is 3.54. The fourth-order valence-corrected chi connectivity index (χ4v) is 3.65. The zero-order chi connectivity index (χ0) is 14.8. The molecule has 0 bridgehead atoms. The number of nitrogens with one attached hydrogen (secondary N) is 1. The van der Waals surface area contributed by atoms with E-state index >= 15 is 0 Å². The number of rotatable bonds is 4. The molecule has 0 atom stereocenters. The zero-order valence-electron chi connectivity index (χ0n) is 12.3. The summed E-state index contributed by atoms with van der Waals surface area (Å²) in [4.78, 5) is 4.64. The Hall–Kier alpha value is -1.16. The molecule has 0 aliphatic heterocycles. The van der Waals surface area contributed by atoms with Crippen LogP contribution in [0.2, 0.25) is 0 Å². The zero-order valence-corrected chi connectivity index (χ0v) is 13.8. The average Bonchev–Trinajstić information content (AvgIpc) is 3.02. The van der Waals surface area contributed by atoms with E-state index in [1.165, 1.54) is 31.7 Å². The van der Waals surface area contributed by atoms with E-state index < -0.39 is 0 Å². The molecule has 2 aromatic rings. The van der Waals surface area contributed by atoms with Gasteiger partial charge in [-0.25, -0.2) is 9.37 Å². The van der Waals surface area contributed by atoms with Gasteiger partial charge in [-0.1, -0.05) is 35.7 Å². The molecule has 1 fully saturated rings. The Morgan fingerprint density at radius 3 is 2.81 bits per heavy atom. The largest absolute Gasteiger partial charge is 0.384 e. The third-order valence-electron chi connectivity index (χ3n) is 4.22. The second kappa shape index (κ2) is 6.30. The minimum Gasteiger partial charge on any atom is -0.384 e. The van der Waals surface area contributed by atoms with E-state index in [4.69, 9.17) is 0 Å². The molecule has 1 aliphatic rings. The van der Waals surface area contributed by atoms with Gasteiger partial charge in [0.25, 0.3) is 0 Å². The van der Waals surface area contributed by atoms with Crippen molar-refractivity contribution in [3.63, 3.8) is 0 Å². The van der Waals surface area contributed by atoms with E-state index in [2.05, 4.69) is 39.2 Å². The molecule has 0 saturated heterocycles. The highest BCUT2D eigenvalue weighted by atomic mass is 79.9. The van der Waals surface area contributed by atoms with Gasteiger partial charge in [0, 0.05) is 33.7 Å². The molecule has 21 heavy (non-hydrogen) atoms. The number of aromatic nitrogens is 1. The van der Waals surface area contributed by atoms with Gasteiger partial charge in [0.05, 0.1) is 0 Å². The number of anilines is 1. The molecule has 1 saturated carbocycles. The quantitative estimate of drug-likeness (QED) is 0.774. The van der Waals surface area contributed by atoms with Gasteiger partial charge < -0.3 is 5.32 Å². The maximum atomic E-state index is 14.2. The van der Waals surface area contributed by atoms with Gasteiger partial charge in [0.2, 0.25) is 0 Å². The Morgan fingerprint density at radius 2 is 2.10 bits per heavy atom. The smallest absolute Gasteiger partial charge is 0.149 e. The van der Waals surface area contributed by atoms with Crippen LogP contribution in [0.5, 0.6) is 0 Å². The van der Waals surface area contributed by atoms with Gasteiger partial charge in [-0.15, -0.1) is 0 Å². The summed E-state index contributed by atoms with van der Waals surface area (Å²) < 4.78 is 15.1. The Kier molecular flexibility index (Phi) is 4.43. The number of hydrogen-bond donors (Lipinski definition) is 1. The van der Waals surface area contributed by atoms with Crippen LogP contribution in [-0.4, -0.2) is 11.5 Å². The van der Waals surface area contributed by atoms with Crippen LogP contribution in [0.4, 0.5) is 10.1 Å². The average molecular weight is 351 g/mol. The number of benzene rings is 1. The first-order valence-corrected chi connectivity index (χ1v) is 8.52. The van der Waals surface area contributed by atoms with Crippen LogP contribution in [0.1, 0.15) is 50.6 Å². The van der Waals surface area contributed by atoms with E-state index in [0.29, 0.717) is 11.4 Å². The second-order valence-electron chi connectivity index (χ2n) is 5.76. The van der Waals surface area contributed by atoms with Gasteiger partial charge >= 0.3 is 0 Å². The molecule has 1 N–H and O–H groups in total. The topological polar surface area (TPSA) is 24.9 Å². The molecule has 3 rings (SSSR count). The van der Waals surface area contributed by atoms with Crippen LogP contribution < -0.4 is 5.32 Å².